The Labute approximate surface area is 258 Å². The Bertz CT molecular complexity index is 1870. The molecule has 1 atom stereocenters. The van der Waals surface area contributed by atoms with Gasteiger partial charge >= 0.3 is 6.03 Å². The van der Waals surface area contributed by atoms with Crippen LogP contribution in [0.4, 0.5) is 21.9 Å². The number of ether oxygens (including phenoxy) is 1. The Morgan fingerprint density at radius 1 is 1.11 bits per heavy atom. The highest BCUT2D eigenvalue weighted by molar-refractivity contribution is 7.21. The zero-order valence-corrected chi connectivity index (χ0v) is 25.3. The summed E-state index contributed by atoms with van der Waals surface area (Å²) in [5.74, 6) is 0.702. The van der Waals surface area contributed by atoms with Crippen molar-refractivity contribution < 1.29 is 19.1 Å². The predicted molar refractivity (Wildman–Crippen MR) is 170 cm³/mol. The number of urea groups is 1. The van der Waals surface area contributed by atoms with Gasteiger partial charge in [-0.2, -0.15) is 5.26 Å². The summed E-state index contributed by atoms with van der Waals surface area (Å²) in [6.07, 6.45) is 3.02. The van der Waals surface area contributed by atoms with Crippen LogP contribution in [-0.2, 0) is 4.79 Å². The number of benzene rings is 2. The standard InChI is InChI=1S/C33H30N6O4S/c1-19(2)24(17-34)32(41)38-15-7-8-21(18-38)36-30(40)29-28-27-26(13-14-35-31(27)44-29)39(33(42)37-28)25-12-11-23(16-20(25)3)43-22-9-5-4-6-10-22/h4-6,9-14,16,21H,7-8,15,18H2,1-3H3,(H,36,40)(H,37,42). The monoisotopic (exact) mass is 606 g/mol. The second-order valence-electron chi connectivity index (χ2n) is 11.0. The summed E-state index contributed by atoms with van der Waals surface area (Å²) in [5.41, 5.74) is 3.35. The van der Waals surface area contributed by atoms with Gasteiger partial charge in [-0.3, -0.25) is 14.5 Å². The molecular weight excluding hydrogens is 576 g/mol. The Morgan fingerprint density at radius 3 is 2.64 bits per heavy atom. The van der Waals surface area contributed by atoms with Gasteiger partial charge in [0.15, 0.2) is 0 Å². The average Bonchev–Trinajstić information content (AvgIpc) is 3.38. The highest BCUT2D eigenvalue weighted by atomic mass is 32.1. The van der Waals surface area contributed by atoms with Gasteiger partial charge in [0.2, 0.25) is 0 Å². The van der Waals surface area contributed by atoms with Crippen LogP contribution in [0.15, 0.2) is 71.9 Å². The van der Waals surface area contributed by atoms with Crippen LogP contribution in [0.5, 0.6) is 11.5 Å². The van der Waals surface area contributed by atoms with Crippen LogP contribution in [0, 0.1) is 18.3 Å². The number of nitriles is 1. The first-order valence-electron chi connectivity index (χ1n) is 14.3. The molecule has 0 spiro atoms. The molecule has 2 aliphatic heterocycles. The van der Waals surface area contributed by atoms with Crippen molar-refractivity contribution in [3.63, 3.8) is 0 Å². The third kappa shape index (κ3) is 5.36. The first kappa shape index (κ1) is 28.9. The minimum absolute atomic E-state index is 0.130. The molecule has 2 aromatic heterocycles. The minimum atomic E-state index is -0.391. The second-order valence-corrected chi connectivity index (χ2v) is 12.0. The van der Waals surface area contributed by atoms with Crippen LogP contribution < -0.4 is 20.3 Å². The van der Waals surface area contributed by atoms with E-state index in [0.29, 0.717) is 75.2 Å². The summed E-state index contributed by atoms with van der Waals surface area (Å²) < 4.78 is 5.97. The van der Waals surface area contributed by atoms with Crippen LogP contribution in [0.3, 0.4) is 0 Å². The lowest BCUT2D eigenvalue weighted by Crippen LogP contribution is -2.50. The number of nitrogens with one attached hydrogen (secondary N) is 2. The van der Waals surface area contributed by atoms with E-state index in [1.807, 2.05) is 61.5 Å². The predicted octanol–water partition coefficient (Wildman–Crippen LogP) is 6.66. The molecule has 222 valence electrons. The van der Waals surface area contributed by atoms with Crippen molar-refractivity contribution in [3.8, 4) is 17.6 Å². The molecule has 11 heteroatoms. The minimum Gasteiger partial charge on any atom is -0.457 e. The van der Waals surface area contributed by atoms with Crippen molar-refractivity contribution >= 4 is 56.5 Å². The van der Waals surface area contributed by atoms with Crippen LogP contribution in [-0.4, -0.2) is 46.9 Å². The van der Waals surface area contributed by atoms with E-state index in [-0.39, 0.29) is 23.4 Å². The molecule has 2 N–H and O–H groups in total. The summed E-state index contributed by atoms with van der Waals surface area (Å²) in [7, 11) is 0. The van der Waals surface area contributed by atoms with E-state index in [9.17, 15) is 19.6 Å². The molecule has 1 saturated heterocycles. The van der Waals surface area contributed by atoms with Gasteiger partial charge in [-0.1, -0.05) is 23.8 Å². The van der Waals surface area contributed by atoms with Crippen LogP contribution >= 0.6 is 11.3 Å². The maximum Gasteiger partial charge on any atom is 0.331 e. The normalized spacial score (nSPS) is 15.8. The van der Waals surface area contributed by atoms with Gasteiger partial charge in [0.05, 0.1) is 22.4 Å². The van der Waals surface area contributed by atoms with Gasteiger partial charge in [-0.15, -0.1) is 11.3 Å². The number of aromatic nitrogens is 1. The molecule has 0 bridgehead atoms. The largest absolute Gasteiger partial charge is 0.457 e. The maximum absolute atomic E-state index is 13.6. The number of hydrogen-bond acceptors (Lipinski definition) is 7. The van der Waals surface area contributed by atoms with E-state index in [1.54, 1.807) is 35.9 Å². The quantitative estimate of drug-likeness (QED) is 0.187. The number of likely N-dealkylation sites (tertiary alicyclic amines) is 1. The van der Waals surface area contributed by atoms with Crippen LogP contribution in [0.2, 0.25) is 0 Å². The molecule has 4 heterocycles. The van der Waals surface area contributed by atoms with E-state index in [2.05, 4.69) is 15.6 Å². The molecule has 0 aliphatic carbocycles. The van der Waals surface area contributed by atoms with Gasteiger partial charge in [0.25, 0.3) is 11.8 Å². The smallest absolute Gasteiger partial charge is 0.331 e. The first-order valence-corrected chi connectivity index (χ1v) is 15.1. The zero-order valence-electron chi connectivity index (χ0n) is 24.5. The molecule has 6 rings (SSSR count). The third-order valence-electron chi connectivity index (χ3n) is 7.71. The number of thiophene rings is 1. The number of carbonyl (C=O) groups is 3. The molecule has 2 aromatic carbocycles. The molecule has 0 radical (unpaired) electrons. The number of piperidine rings is 1. The topological polar surface area (TPSA) is 128 Å². The summed E-state index contributed by atoms with van der Waals surface area (Å²) in [4.78, 5) is 48.8. The number of amides is 4. The highest BCUT2D eigenvalue weighted by Gasteiger charge is 2.34. The summed E-state index contributed by atoms with van der Waals surface area (Å²) in [5, 5.41) is 16.1. The zero-order chi connectivity index (χ0) is 31.0. The number of anilines is 3. The molecule has 44 heavy (non-hydrogen) atoms. The lowest BCUT2D eigenvalue weighted by Gasteiger charge is -2.33. The van der Waals surface area contributed by atoms with E-state index < -0.39 is 6.03 Å². The molecule has 0 saturated carbocycles. The fourth-order valence-electron chi connectivity index (χ4n) is 5.61. The van der Waals surface area contributed by atoms with Crippen LogP contribution in [0.25, 0.3) is 10.2 Å². The second kappa shape index (κ2) is 11.8. The number of pyridine rings is 1. The first-order chi connectivity index (χ1) is 21.2. The number of nitrogens with zero attached hydrogens (tertiary/aromatic N) is 4. The molecule has 10 nitrogen and oxygen atoms in total. The number of rotatable bonds is 6. The fraction of sp³-hybridized carbons (Fsp3) is 0.242. The van der Waals surface area contributed by atoms with Gasteiger partial charge in [0.1, 0.15) is 32.8 Å². The molecule has 1 unspecified atom stereocenters. The third-order valence-corrected chi connectivity index (χ3v) is 8.81. The Morgan fingerprint density at radius 2 is 1.91 bits per heavy atom. The van der Waals surface area contributed by atoms with E-state index in [0.717, 1.165) is 5.56 Å². The molecule has 1 fully saturated rings. The Hall–Kier alpha value is -5.21. The number of carbonyl (C=O) groups excluding carboxylic acids is 3. The van der Waals surface area contributed by atoms with Crippen molar-refractivity contribution in [2.24, 2.45) is 0 Å². The summed E-state index contributed by atoms with van der Waals surface area (Å²) in [6, 6.07) is 18.1. The van der Waals surface area contributed by atoms with Crippen LogP contribution in [0.1, 0.15) is 41.9 Å². The van der Waals surface area contributed by atoms with Gasteiger partial charge < -0.3 is 20.3 Å². The fourth-order valence-corrected chi connectivity index (χ4v) is 6.63. The van der Waals surface area contributed by atoms with Crippen molar-refractivity contribution in [1.29, 1.82) is 5.26 Å². The maximum atomic E-state index is 13.6. The van der Waals surface area contributed by atoms with Crippen molar-refractivity contribution in [2.45, 2.75) is 39.7 Å². The SMILES string of the molecule is CC(C)=C(C#N)C(=O)N1CCCC(NC(=O)c2sc3nccc4c3c2NC(=O)N4c2ccc(Oc3ccccc3)cc2C)C1. The molecular formula is C33H30N6O4S. The Kier molecular flexibility index (Phi) is 7.76. The van der Waals surface area contributed by atoms with Crippen molar-refractivity contribution in [3.05, 3.63) is 82.4 Å². The van der Waals surface area contributed by atoms with Gasteiger partial charge in [-0.25, -0.2) is 9.78 Å². The van der Waals surface area contributed by atoms with Gasteiger partial charge in [0, 0.05) is 25.3 Å². The molecule has 4 amide bonds. The van der Waals surface area contributed by atoms with Gasteiger partial charge in [-0.05, 0) is 75.6 Å². The lowest BCUT2D eigenvalue weighted by molar-refractivity contribution is -0.128. The number of hydrogen-bond donors (Lipinski definition) is 2. The lowest BCUT2D eigenvalue weighted by atomic mass is 10.0. The van der Waals surface area contributed by atoms with Crippen molar-refractivity contribution in [2.75, 3.05) is 23.3 Å². The van der Waals surface area contributed by atoms with E-state index in [4.69, 9.17) is 4.74 Å². The van der Waals surface area contributed by atoms with E-state index in [1.165, 1.54) is 11.3 Å². The highest BCUT2D eigenvalue weighted by Crippen LogP contribution is 2.46. The Balaban J connectivity index is 1.26. The number of para-hydroxylation sites is 1. The van der Waals surface area contributed by atoms with Crippen molar-refractivity contribution in [1.82, 2.24) is 15.2 Å². The summed E-state index contributed by atoms with van der Waals surface area (Å²) in [6.45, 7) is 6.21. The molecule has 4 aromatic rings. The van der Waals surface area contributed by atoms with E-state index >= 15 is 0 Å². The molecule has 2 aliphatic rings. The summed E-state index contributed by atoms with van der Waals surface area (Å²) >= 11 is 1.21. The average molecular weight is 607 g/mol. The number of allylic oxidation sites excluding steroid dienone is 1. The number of aryl methyl sites for hydroxylation is 1.